The molecule has 0 aliphatic heterocycles. The molecule has 32 heavy (non-hydrogen) atoms. The number of benzene rings is 2. The fraction of sp³-hybridized carbons (Fsp3) is 0.269. The SMILES string of the molecule is COc1cc(Cc2nccc3cc(OC)c(OC)cc23)c(-n2c(C)ccc2C)cc1OC. The van der Waals surface area contributed by atoms with Crippen LogP contribution in [-0.2, 0) is 6.42 Å². The van der Waals surface area contributed by atoms with Crippen LogP contribution in [0.15, 0.2) is 48.7 Å². The lowest BCUT2D eigenvalue weighted by atomic mass is 10.0. The average molecular weight is 433 g/mol. The lowest BCUT2D eigenvalue weighted by molar-refractivity contribution is 0.354. The average Bonchev–Trinajstić information content (AvgIpc) is 3.15. The normalized spacial score (nSPS) is 10.9. The van der Waals surface area contributed by atoms with Gasteiger partial charge in [-0.25, -0.2) is 0 Å². The summed E-state index contributed by atoms with van der Waals surface area (Å²) in [6.45, 7) is 4.20. The Morgan fingerprint density at radius 2 is 1.28 bits per heavy atom. The standard InChI is InChI=1S/C26H28N2O4/c1-16-7-8-17(2)28(16)22-15-26(32-6)24(30-4)13-19(22)11-21-20-14-25(31-5)23(29-3)12-18(20)9-10-27-21/h7-10,12-15H,11H2,1-6H3. The first-order valence-corrected chi connectivity index (χ1v) is 10.4. The number of hydrogen-bond acceptors (Lipinski definition) is 5. The van der Waals surface area contributed by atoms with Crippen LogP contribution in [-0.4, -0.2) is 38.0 Å². The Morgan fingerprint density at radius 1 is 0.719 bits per heavy atom. The molecule has 166 valence electrons. The Morgan fingerprint density at radius 3 is 1.91 bits per heavy atom. The van der Waals surface area contributed by atoms with Gasteiger partial charge in [0.1, 0.15) is 0 Å². The number of nitrogens with zero attached hydrogens (tertiary/aromatic N) is 2. The first kappa shape index (κ1) is 21.6. The van der Waals surface area contributed by atoms with Crippen molar-refractivity contribution < 1.29 is 18.9 Å². The molecule has 0 fully saturated rings. The van der Waals surface area contributed by atoms with Gasteiger partial charge >= 0.3 is 0 Å². The number of fused-ring (bicyclic) bond motifs is 1. The van der Waals surface area contributed by atoms with Crippen LogP contribution >= 0.6 is 0 Å². The molecule has 0 amide bonds. The lowest BCUT2D eigenvalue weighted by Crippen LogP contribution is -2.06. The molecule has 2 aromatic carbocycles. The van der Waals surface area contributed by atoms with Gasteiger partial charge in [0.15, 0.2) is 23.0 Å². The van der Waals surface area contributed by atoms with E-state index in [9.17, 15) is 0 Å². The topological polar surface area (TPSA) is 54.7 Å². The van der Waals surface area contributed by atoms with Crippen molar-refractivity contribution in [3.63, 3.8) is 0 Å². The summed E-state index contributed by atoms with van der Waals surface area (Å²) in [7, 11) is 6.59. The van der Waals surface area contributed by atoms with E-state index in [1.807, 2.05) is 36.5 Å². The summed E-state index contributed by atoms with van der Waals surface area (Å²) in [6.07, 6.45) is 2.44. The van der Waals surface area contributed by atoms with Crippen molar-refractivity contribution in [1.82, 2.24) is 9.55 Å². The van der Waals surface area contributed by atoms with Crippen molar-refractivity contribution in [3.05, 3.63) is 71.3 Å². The second-order valence-electron chi connectivity index (χ2n) is 7.65. The molecule has 2 heterocycles. The van der Waals surface area contributed by atoms with E-state index in [1.165, 1.54) is 0 Å². The molecule has 4 aromatic rings. The fourth-order valence-corrected chi connectivity index (χ4v) is 4.19. The molecule has 0 saturated heterocycles. The van der Waals surface area contributed by atoms with Crippen LogP contribution in [0.2, 0.25) is 0 Å². The molecule has 6 nitrogen and oxygen atoms in total. The maximum absolute atomic E-state index is 5.61. The molecule has 0 spiro atoms. The van der Waals surface area contributed by atoms with Gasteiger partial charge in [-0.3, -0.25) is 4.98 Å². The summed E-state index contributed by atoms with van der Waals surface area (Å²) in [5, 5.41) is 2.06. The van der Waals surface area contributed by atoms with Crippen LogP contribution in [0.3, 0.4) is 0 Å². The maximum atomic E-state index is 5.61. The van der Waals surface area contributed by atoms with Crippen molar-refractivity contribution in [2.24, 2.45) is 0 Å². The van der Waals surface area contributed by atoms with E-state index in [-0.39, 0.29) is 0 Å². The van der Waals surface area contributed by atoms with E-state index in [1.54, 1.807) is 28.4 Å². The Balaban J connectivity index is 1.92. The number of methoxy groups -OCH3 is 4. The highest BCUT2D eigenvalue weighted by atomic mass is 16.5. The van der Waals surface area contributed by atoms with E-state index in [4.69, 9.17) is 23.9 Å². The van der Waals surface area contributed by atoms with Gasteiger partial charge < -0.3 is 23.5 Å². The molecule has 4 rings (SSSR count). The minimum atomic E-state index is 0.611. The van der Waals surface area contributed by atoms with Gasteiger partial charge in [0, 0.05) is 35.5 Å². The van der Waals surface area contributed by atoms with Crippen LogP contribution in [0.25, 0.3) is 16.5 Å². The third-order valence-corrected chi connectivity index (χ3v) is 5.81. The van der Waals surface area contributed by atoms with Gasteiger partial charge in [-0.15, -0.1) is 0 Å². The number of hydrogen-bond donors (Lipinski definition) is 0. The summed E-state index contributed by atoms with van der Waals surface area (Å²) in [6, 6.07) is 14.2. The smallest absolute Gasteiger partial charge is 0.162 e. The van der Waals surface area contributed by atoms with E-state index >= 15 is 0 Å². The Hall–Kier alpha value is -3.67. The zero-order valence-electron chi connectivity index (χ0n) is 19.4. The first-order valence-electron chi connectivity index (χ1n) is 10.4. The first-order chi connectivity index (χ1) is 15.5. The van der Waals surface area contributed by atoms with Crippen molar-refractivity contribution in [2.75, 3.05) is 28.4 Å². The van der Waals surface area contributed by atoms with Crippen molar-refractivity contribution in [1.29, 1.82) is 0 Å². The van der Waals surface area contributed by atoms with Crippen LogP contribution in [0.4, 0.5) is 0 Å². The van der Waals surface area contributed by atoms with Gasteiger partial charge in [-0.1, -0.05) is 0 Å². The van der Waals surface area contributed by atoms with Crippen molar-refractivity contribution in [3.8, 4) is 28.7 Å². The van der Waals surface area contributed by atoms with Crippen LogP contribution in [0, 0.1) is 13.8 Å². The monoisotopic (exact) mass is 432 g/mol. The van der Waals surface area contributed by atoms with E-state index in [2.05, 4.69) is 30.5 Å². The third-order valence-electron chi connectivity index (χ3n) is 5.81. The number of ether oxygens (including phenoxy) is 4. The van der Waals surface area contributed by atoms with E-state index < -0.39 is 0 Å². The quantitative estimate of drug-likeness (QED) is 0.398. The maximum Gasteiger partial charge on any atom is 0.162 e. The minimum absolute atomic E-state index is 0.611. The molecule has 0 aliphatic rings. The van der Waals surface area contributed by atoms with Gasteiger partial charge in [0.25, 0.3) is 0 Å². The van der Waals surface area contributed by atoms with Gasteiger partial charge in [-0.2, -0.15) is 0 Å². The molecule has 0 unspecified atom stereocenters. The molecule has 0 aliphatic carbocycles. The van der Waals surface area contributed by atoms with Gasteiger partial charge in [0.2, 0.25) is 0 Å². The predicted molar refractivity (Wildman–Crippen MR) is 126 cm³/mol. The van der Waals surface area contributed by atoms with Crippen LogP contribution in [0.1, 0.15) is 22.6 Å². The summed E-state index contributed by atoms with van der Waals surface area (Å²) in [4.78, 5) is 4.72. The highest BCUT2D eigenvalue weighted by Crippen LogP contribution is 2.37. The van der Waals surface area contributed by atoms with Gasteiger partial charge in [-0.05, 0) is 61.2 Å². The highest BCUT2D eigenvalue weighted by Gasteiger charge is 2.18. The zero-order chi connectivity index (χ0) is 22.8. The summed E-state index contributed by atoms with van der Waals surface area (Å²) in [5.41, 5.74) is 5.36. The molecule has 0 radical (unpaired) electrons. The molecular formula is C26H28N2O4. The zero-order valence-corrected chi connectivity index (χ0v) is 19.4. The lowest BCUT2D eigenvalue weighted by Gasteiger charge is -2.19. The Kier molecular flexibility index (Phi) is 5.95. The molecule has 0 atom stereocenters. The third kappa shape index (κ3) is 3.73. The molecule has 0 N–H and O–H groups in total. The van der Waals surface area contributed by atoms with Crippen LogP contribution < -0.4 is 18.9 Å². The second kappa shape index (κ2) is 8.83. The summed E-state index contributed by atoms with van der Waals surface area (Å²) >= 11 is 0. The molecule has 0 bridgehead atoms. The largest absolute Gasteiger partial charge is 0.493 e. The Bertz CT molecular complexity index is 1260. The summed E-state index contributed by atoms with van der Waals surface area (Å²) < 4.78 is 24.5. The summed E-state index contributed by atoms with van der Waals surface area (Å²) in [5.74, 6) is 2.76. The van der Waals surface area contributed by atoms with Crippen LogP contribution in [0.5, 0.6) is 23.0 Å². The van der Waals surface area contributed by atoms with Crippen molar-refractivity contribution in [2.45, 2.75) is 20.3 Å². The Labute approximate surface area is 188 Å². The highest BCUT2D eigenvalue weighted by molar-refractivity contribution is 5.88. The second-order valence-corrected chi connectivity index (χ2v) is 7.65. The van der Waals surface area contributed by atoms with Crippen molar-refractivity contribution >= 4 is 10.8 Å². The number of aromatic nitrogens is 2. The number of pyridine rings is 1. The molecule has 2 aromatic heterocycles. The fourth-order valence-electron chi connectivity index (χ4n) is 4.19. The van der Waals surface area contributed by atoms with E-state index in [0.717, 1.165) is 39.1 Å². The number of aryl methyl sites for hydroxylation is 2. The molecule has 6 heteroatoms. The predicted octanol–water partition coefficient (Wildman–Crippen LogP) is 5.27. The van der Waals surface area contributed by atoms with E-state index in [0.29, 0.717) is 29.4 Å². The molecule has 0 saturated carbocycles. The van der Waals surface area contributed by atoms with Gasteiger partial charge in [0.05, 0.1) is 39.8 Å². The number of rotatable bonds is 7. The minimum Gasteiger partial charge on any atom is -0.493 e. The molecular weight excluding hydrogens is 404 g/mol.